The van der Waals surface area contributed by atoms with Gasteiger partial charge in [-0.1, -0.05) is 41.5 Å². The second kappa shape index (κ2) is 11.0. The maximum atomic E-state index is 6.14. The third kappa shape index (κ3) is 5.38. The summed E-state index contributed by atoms with van der Waals surface area (Å²) in [5.41, 5.74) is 15.6. The fourth-order valence-corrected chi connectivity index (χ4v) is 5.39. The Balaban J connectivity index is 0.000000191. The van der Waals surface area contributed by atoms with Gasteiger partial charge in [-0.3, -0.25) is 9.97 Å². The normalized spacial score (nSPS) is 38.0. The van der Waals surface area contributed by atoms with E-state index >= 15 is 0 Å². The molecule has 0 radical (unpaired) electrons. The molecule has 6 nitrogen and oxygen atoms in total. The molecule has 4 rings (SSSR count). The Kier molecular flexibility index (Phi) is 8.58. The summed E-state index contributed by atoms with van der Waals surface area (Å²) in [6, 6.07) is 3.96. The van der Waals surface area contributed by atoms with Crippen LogP contribution in [0.4, 0.5) is 11.4 Å². The number of ether oxygens (including phenoxy) is 2. The van der Waals surface area contributed by atoms with Crippen LogP contribution in [0.15, 0.2) is 36.9 Å². The van der Waals surface area contributed by atoms with Gasteiger partial charge in [-0.05, 0) is 61.5 Å². The summed E-state index contributed by atoms with van der Waals surface area (Å²) in [4.78, 5) is 8.07. The van der Waals surface area contributed by atoms with Crippen LogP contribution in [0, 0.1) is 35.5 Å². The van der Waals surface area contributed by atoms with E-state index in [-0.39, 0.29) is 24.4 Å². The van der Waals surface area contributed by atoms with Crippen molar-refractivity contribution in [3.05, 3.63) is 48.0 Å². The van der Waals surface area contributed by atoms with Crippen molar-refractivity contribution in [3.63, 3.8) is 0 Å². The lowest BCUT2D eigenvalue weighted by atomic mass is 9.75. The first-order valence-electron chi connectivity index (χ1n) is 12.7. The van der Waals surface area contributed by atoms with Crippen LogP contribution in [0.2, 0.25) is 0 Å². The second-order valence-corrected chi connectivity index (χ2v) is 10.7. The molecule has 0 bridgehead atoms. The first kappa shape index (κ1) is 26.4. The fourth-order valence-electron chi connectivity index (χ4n) is 5.39. The smallest absolute Gasteiger partial charge is 0.0877 e. The lowest BCUT2D eigenvalue weighted by molar-refractivity contribution is -0.127. The molecule has 4 N–H and O–H groups in total. The molecule has 0 aromatic carbocycles. The van der Waals surface area contributed by atoms with Gasteiger partial charge >= 0.3 is 0 Å². The van der Waals surface area contributed by atoms with Crippen LogP contribution in [0.1, 0.15) is 78.7 Å². The molecule has 2 aromatic rings. The monoisotopic (exact) mass is 468 g/mol. The molecule has 2 fully saturated rings. The Morgan fingerprint density at radius 3 is 1.24 bits per heavy atom. The van der Waals surface area contributed by atoms with Gasteiger partial charge in [0.25, 0.3) is 0 Å². The Bertz CT molecular complexity index is 863. The van der Waals surface area contributed by atoms with Gasteiger partial charge in [0.15, 0.2) is 0 Å². The minimum atomic E-state index is 0.0965. The van der Waals surface area contributed by atoms with E-state index in [1.807, 2.05) is 12.1 Å². The number of hydrogen-bond acceptors (Lipinski definition) is 6. The highest BCUT2D eigenvalue weighted by Crippen LogP contribution is 2.44. The van der Waals surface area contributed by atoms with E-state index in [9.17, 15) is 0 Å². The number of nitrogens with zero attached hydrogens (tertiary/aromatic N) is 2. The third-order valence-corrected chi connectivity index (χ3v) is 8.86. The van der Waals surface area contributed by atoms with Crippen molar-refractivity contribution in [2.75, 3.05) is 11.5 Å². The van der Waals surface area contributed by atoms with Crippen LogP contribution in [0.25, 0.3) is 0 Å². The molecule has 0 amide bonds. The predicted molar refractivity (Wildman–Crippen MR) is 139 cm³/mol. The highest BCUT2D eigenvalue weighted by atomic mass is 16.5. The van der Waals surface area contributed by atoms with Gasteiger partial charge in [-0.15, -0.1) is 0 Å². The summed E-state index contributed by atoms with van der Waals surface area (Å²) in [5.74, 6) is 3.40. The minimum absolute atomic E-state index is 0.0965. The Morgan fingerprint density at radius 1 is 0.559 bits per heavy atom. The van der Waals surface area contributed by atoms with E-state index < -0.39 is 0 Å². The first-order valence-corrected chi connectivity index (χ1v) is 12.7. The molecular formula is C28H44N4O2. The molecule has 10 atom stereocenters. The van der Waals surface area contributed by atoms with Crippen molar-refractivity contribution >= 4 is 11.4 Å². The van der Waals surface area contributed by atoms with E-state index in [4.69, 9.17) is 20.9 Å². The molecule has 4 heterocycles. The Morgan fingerprint density at radius 2 is 0.912 bits per heavy atom. The topological polar surface area (TPSA) is 96.3 Å². The first-order chi connectivity index (χ1) is 16.0. The standard InChI is InChI=1S/2C14H22N2O/c2*1-8-9(2)11(4)17-14(10(8)3)12-5-6-16-7-13(12)15/h2*5-11,14H,15H2,1-4H3/t8-,9+,10-,11+,14+;8-,9-,10-,11+,14+/m00/s1. The fraction of sp³-hybridized carbons (Fsp3) is 0.643. The third-order valence-electron chi connectivity index (χ3n) is 8.86. The molecule has 6 heteroatoms. The summed E-state index contributed by atoms with van der Waals surface area (Å²) in [5, 5.41) is 0. The van der Waals surface area contributed by atoms with Crippen molar-refractivity contribution < 1.29 is 9.47 Å². The van der Waals surface area contributed by atoms with Gasteiger partial charge in [0, 0.05) is 23.5 Å². The summed E-state index contributed by atoms with van der Waals surface area (Å²) in [6.07, 6.45) is 7.73. The van der Waals surface area contributed by atoms with Crippen molar-refractivity contribution in [1.29, 1.82) is 0 Å². The van der Waals surface area contributed by atoms with E-state index in [2.05, 4.69) is 65.4 Å². The van der Waals surface area contributed by atoms with Crippen molar-refractivity contribution in [1.82, 2.24) is 9.97 Å². The number of pyridine rings is 2. The van der Waals surface area contributed by atoms with Gasteiger partial charge in [0.1, 0.15) is 0 Å². The lowest BCUT2D eigenvalue weighted by Crippen LogP contribution is -2.39. The number of nitrogen functional groups attached to an aromatic ring is 2. The number of hydrogen-bond donors (Lipinski definition) is 2. The molecule has 2 saturated heterocycles. The highest BCUT2D eigenvalue weighted by Gasteiger charge is 2.39. The SMILES string of the molecule is C[C@H]1[C@@H](C)[C@@H](C)O[C@@H](c2ccncc2N)[C@H]1C.C[C@H]1[C@H](C)[C@@H](C)O[C@@H](c2ccncc2N)[C@H]1C. The molecule has 34 heavy (non-hydrogen) atoms. The number of aromatic nitrogens is 2. The predicted octanol–water partition coefficient (Wildman–Crippen LogP) is 6.06. The summed E-state index contributed by atoms with van der Waals surface area (Å²) < 4.78 is 12.3. The average Bonchev–Trinajstić information content (AvgIpc) is 2.82. The summed E-state index contributed by atoms with van der Waals surface area (Å²) in [6.45, 7) is 17.9. The molecule has 0 aliphatic carbocycles. The Labute approximate surface area is 205 Å². The van der Waals surface area contributed by atoms with Crippen LogP contribution in [0.3, 0.4) is 0 Å². The van der Waals surface area contributed by atoms with Gasteiger partial charge in [0.05, 0.1) is 48.2 Å². The van der Waals surface area contributed by atoms with Gasteiger partial charge in [-0.25, -0.2) is 0 Å². The largest absolute Gasteiger partial charge is 0.397 e. The number of anilines is 2. The van der Waals surface area contributed by atoms with E-state index in [0.29, 0.717) is 35.5 Å². The molecule has 2 aliphatic rings. The maximum absolute atomic E-state index is 6.14. The second-order valence-electron chi connectivity index (χ2n) is 10.7. The summed E-state index contributed by atoms with van der Waals surface area (Å²) >= 11 is 0. The Hall–Kier alpha value is -2.18. The minimum Gasteiger partial charge on any atom is -0.397 e. The lowest BCUT2D eigenvalue weighted by Gasteiger charge is -2.43. The number of rotatable bonds is 2. The van der Waals surface area contributed by atoms with Crippen LogP contribution in [-0.2, 0) is 9.47 Å². The zero-order chi connectivity index (χ0) is 25.2. The number of nitrogens with two attached hydrogens (primary N) is 2. The molecule has 0 spiro atoms. The van der Waals surface area contributed by atoms with Crippen LogP contribution in [-0.4, -0.2) is 22.2 Å². The van der Waals surface area contributed by atoms with E-state index in [0.717, 1.165) is 22.5 Å². The maximum Gasteiger partial charge on any atom is 0.0877 e. The zero-order valence-corrected chi connectivity index (χ0v) is 22.1. The van der Waals surface area contributed by atoms with Crippen molar-refractivity contribution in [3.8, 4) is 0 Å². The molecule has 188 valence electrons. The molecule has 0 unspecified atom stereocenters. The molecule has 2 aliphatic heterocycles. The van der Waals surface area contributed by atoms with Crippen LogP contribution < -0.4 is 11.5 Å². The van der Waals surface area contributed by atoms with Crippen LogP contribution >= 0.6 is 0 Å². The highest BCUT2D eigenvalue weighted by molar-refractivity contribution is 5.46. The van der Waals surface area contributed by atoms with E-state index in [1.165, 1.54) is 0 Å². The zero-order valence-electron chi connectivity index (χ0n) is 22.1. The van der Waals surface area contributed by atoms with E-state index in [1.54, 1.807) is 24.8 Å². The van der Waals surface area contributed by atoms with Crippen LogP contribution in [0.5, 0.6) is 0 Å². The molecule has 2 aromatic heterocycles. The average molecular weight is 469 g/mol. The molecule has 0 saturated carbocycles. The summed E-state index contributed by atoms with van der Waals surface area (Å²) in [7, 11) is 0. The van der Waals surface area contributed by atoms with Gasteiger partial charge in [0.2, 0.25) is 0 Å². The van der Waals surface area contributed by atoms with Gasteiger partial charge in [-0.2, -0.15) is 0 Å². The quantitative estimate of drug-likeness (QED) is 0.556. The van der Waals surface area contributed by atoms with Crippen molar-refractivity contribution in [2.45, 2.75) is 79.8 Å². The van der Waals surface area contributed by atoms with Gasteiger partial charge < -0.3 is 20.9 Å². The molecular weight excluding hydrogens is 424 g/mol. The van der Waals surface area contributed by atoms with Crippen molar-refractivity contribution in [2.24, 2.45) is 35.5 Å².